The Morgan fingerprint density at radius 1 is 0.652 bits per heavy atom. The van der Waals surface area contributed by atoms with Gasteiger partial charge in [0.25, 0.3) is 0 Å². The molecule has 4 aromatic rings. The molecular weight excluding hydrogens is 301 g/mol. The fourth-order valence-corrected chi connectivity index (χ4v) is 2.13. The van der Waals surface area contributed by atoms with Crippen LogP contribution in [0, 0.1) is 17.5 Å². The first-order chi connectivity index (χ1) is 11.2. The summed E-state index contributed by atoms with van der Waals surface area (Å²) in [4.78, 5) is 5.43. The number of hydrogen-bond donors (Lipinski definition) is 2. The number of aromatic amines is 2. The van der Waals surface area contributed by atoms with Crippen molar-refractivity contribution in [1.82, 2.24) is 9.97 Å². The summed E-state index contributed by atoms with van der Waals surface area (Å²) in [7, 11) is 0. The van der Waals surface area contributed by atoms with Gasteiger partial charge in [-0.3, -0.25) is 0 Å². The lowest BCUT2D eigenvalue weighted by molar-refractivity contribution is 0.616. The van der Waals surface area contributed by atoms with E-state index in [1.165, 1.54) is 18.3 Å². The molecule has 0 unspecified atom stereocenters. The molecule has 0 radical (unpaired) electrons. The average molecular weight is 318 g/mol. The minimum Gasteiger partial charge on any atom is -0.359 e. The quantitative estimate of drug-likeness (QED) is 0.412. The predicted molar refractivity (Wildman–Crippen MR) is 87.8 cm³/mol. The molecule has 0 bridgehead atoms. The molecule has 2 aromatic heterocycles. The Labute approximate surface area is 132 Å². The first kappa shape index (κ1) is 16.7. The van der Waals surface area contributed by atoms with Crippen LogP contribution < -0.4 is 0 Å². The summed E-state index contributed by atoms with van der Waals surface area (Å²) in [6.45, 7) is 4.00. The van der Waals surface area contributed by atoms with Crippen LogP contribution in [0.4, 0.5) is 13.2 Å². The minimum absolute atomic E-state index is 0.192. The standard InChI is InChI=1S/C8H5F2N.C8H6FN.C2H6/c9-6-1-2-7(10)8-5(6)3-4-11-8;9-7-3-1-2-6-4-5-10-8(6)7;1-2/h1-4,11H;1-5,10H;1-2H3. The normalized spacial score (nSPS) is 9.96. The molecule has 0 atom stereocenters. The maximum atomic E-state index is 12.8. The van der Waals surface area contributed by atoms with E-state index < -0.39 is 11.6 Å². The number of para-hydroxylation sites is 1. The van der Waals surface area contributed by atoms with Crippen LogP contribution >= 0.6 is 0 Å². The molecule has 5 heteroatoms. The number of benzene rings is 2. The van der Waals surface area contributed by atoms with E-state index in [2.05, 4.69) is 9.97 Å². The minimum atomic E-state index is -0.425. The van der Waals surface area contributed by atoms with Crippen LogP contribution in [0.15, 0.2) is 54.9 Å². The highest BCUT2D eigenvalue weighted by Crippen LogP contribution is 2.18. The number of fused-ring (bicyclic) bond motifs is 2. The second kappa shape index (κ2) is 7.54. The molecule has 2 N–H and O–H groups in total. The molecule has 0 amide bonds. The van der Waals surface area contributed by atoms with E-state index in [0.717, 1.165) is 17.5 Å². The highest BCUT2D eigenvalue weighted by atomic mass is 19.1. The van der Waals surface area contributed by atoms with Crippen LogP contribution in [0.3, 0.4) is 0 Å². The fourth-order valence-electron chi connectivity index (χ4n) is 2.13. The summed E-state index contributed by atoms with van der Waals surface area (Å²) in [5, 5.41) is 1.21. The van der Waals surface area contributed by atoms with Gasteiger partial charge in [-0.25, -0.2) is 13.2 Å². The average Bonchev–Trinajstić information content (AvgIpc) is 3.24. The summed E-state index contributed by atoms with van der Waals surface area (Å²) in [5.41, 5.74) is 0.813. The van der Waals surface area contributed by atoms with E-state index in [0.29, 0.717) is 10.9 Å². The number of hydrogen-bond acceptors (Lipinski definition) is 0. The van der Waals surface area contributed by atoms with Crippen LogP contribution in [0.1, 0.15) is 13.8 Å². The van der Waals surface area contributed by atoms with Gasteiger partial charge in [-0.05, 0) is 30.3 Å². The zero-order valence-corrected chi connectivity index (χ0v) is 12.8. The van der Waals surface area contributed by atoms with E-state index >= 15 is 0 Å². The van der Waals surface area contributed by atoms with Gasteiger partial charge in [0.15, 0.2) is 0 Å². The van der Waals surface area contributed by atoms with Crippen molar-refractivity contribution in [2.45, 2.75) is 13.8 Å². The van der Waals surface area contributed by atoms with Crippen molar-refractivity contribution in [1.29, 1.82) is 0 Å². The Morgan fingerprint density at radius 3 is 1.96 bits per heavy atom. The molecule has 2 heterocycles. The van der Waals surface area contributed by atoms with E-state index in [4.69, 9.17) is 0 Å². The maximum absolute atomic E-state index is 12.8. The number of H-pyrrole nitrogens is 2. The third-order valence-corrected chi connectivity index (χ3v) is 3.16. The first-order valence-electron chi connectivity index (χ1n) is 7.29. The van der Waals surface area contributed by atoms with Gasteiger partial charge in [0, 0.05) is 23.2 Å². The molecule has 0 aliphatic carbocycles. The van der Waals surface area contributed by atoms with Crippen LogP contribution in [-0.2, 0) is 0 Å². The van der Waals surface area contributed by atoms with Gasteiger partial charge in [0.2, 0.25) is 0 Å². The summed E-state index contributed by atoms with van der Waals surface area (Å²) in [5.74, 6) is -1.02. The van der Waals surface area contributed by atoms with Gasteiger partial charge in [0.1, 0.15) is 17.5 Å². The van der Waals surface area contributed by atoms with Crippen molar-refractivity contribution in [3.05, 3.63) is 72.3 Å². The predicted octanol–water partition coefficient (Wildman–Crippen LogP) is 5.78. The van der Waals surface area contributed by atoms with Gasteiger partial charge in [-0.2, -0.15) is 0 Å². The van der Waals surface area contributed by atoms with Gasteiger partial charge in [0.05, 0.1) is 11.0 Å². The Bertz CT molecular complexity index is 857. The maximum Gasteiger partial charge on any atom is 0.147 e. The Kier molecular flexibility index (Phi) is 5.46. The Balaban J connectivity index is 0.000000152. The lowest BCUT2D eigenvalue weighted by atomic mass is 10.2. The Morgan fingerprint density at radius 2 is 1.26 bits per heavy atom. The molecule has 2 nitrogen and oxygen atoms in total. The van der Waals surface area contributed by atoms with Crippen LogP contribution in [0.5, 0.6) is 0 Å². The summed E-state index contributed by atoms with van der Waals surface area (Å²) in [6.07, 6.45) is 3.24. The van der Waals surface area contributed by atoms with Crippen molar-refractivity contribution in [3.63, 3.8) is 0 Å². The van der Waals surface area contributed by atoms with E-state index in [-0.39, 0.29) is 11.3 Å². The summed E-state index contributed by atoms with van der Waals surface area (Å²) in [6, 6.07) is 10.6. The van der Waals surface area contributed by atoms with Gasteiger partial charge < -0.3 is 9.97 Å². The van der Waals surface area contributed by atoms with Crippen molar-refractivity contribution in [2.24, 2.45) is 0 Å². The Hall–Kier alpha value is -2.69. The van der Waals surface area contributed by atoms with E-state index in [9.17, 15) is 13.2 Å². The number of halogens is 3. The van der Waals surface area contributed by atoms with Crippen LogP contribution in [0.2, 0.25) is 0 Å². The molecule has 2 aromatic carbocycles. The highest BCUT2D eigenvalue weighted by Gasteiger charge is 2.04. The SMILES string of the molecule is CC.Fc1ccc(F)c2[nH]ccc12.Fc1cccc2cc[nH]c12. The molecule has 0 saturated carbocycles. The fraction of sp³-hybridized carbons (Fsp3) is 0.111. The van der Waals surface area contributed by atoms with Crippen molar-refractivity contribution < 1.29 is 13.2 Å². The van der Waals surface area contributed by atoms with Gasteiger partial charge >= 0.3 is 0 Å². The zero-order valence-electron chi connectivity index (χ0n) is 12.8. The summed E-state index contributed by atoms with van der Waals surface area (Å²) >= 11 is 0. The van der Waals surface area contributed by atoms with Crippen molar-refractivity contribution in [2.75, 3.05) is 0 Å². The number of nitrogens with one attached hydrogen (secondary N) is 2. The second-order valence-corrected chi connectivity index (χ2v) is 4.48. The first-order valence-corrected chi connectivity index (χ1v) is 7.29. The molecule has 0 spiro atoms. The largest absolute Gasteiger partial charge is 0.359 e. The van der Waals surface area contributed by atoms with Crippen molar-refractivity contribution in [3.8, 4) is 0 Å². The van der Waals surface area contributed by atoms with E-state index in [1.54, 1.807) is 12.3 Å². The molecule has 0 aliphatic heterocycles. The van der Waals surface area contributed by atoms with Gasteiger partial charge in [-0.15, -0.1) is 0 Å². The third-order valence-electron chi connectivity index (χ3n) is 3.16. The molecule has 0 aliphatic rings. The zero-order chi connectivity index (χ0) is 16.8. The topological polar surface area (TPSA) is 31.6 Å². The highest BCUT2D eigenvalue weighted by molar-refractivity contribution is 5.80. The lowest BCUT2D eigenvalue weighted by Gasteiger charge is -1.92. The van der Waals surface area contributed by atoms with Gasteiger partial charge in [-0.1, -0.05) is 26.0 Å². The van der Waals surface area contributed by atoms with Crippen LogP contribution in [-0.4, -0.2) is 9.97 Å². The third kappa shape index (κ3) is 3.56. The summed E-state index contributed by atoms with van der Waals surface area (Å²) < 4.78 is 38.4. The number of aromatic nitrogens is 2. The van der Waals surface area contributed by atoms with Crippen LogP contribution in [0.25, 0.3) is 21.8 Å². The molecular formula is C18H17F3N2. The molecule has 4 rings (SSSR count). The van der Waals surface area contributed by atoms with E-state index in [1.807, 2.05) is 26.0 Å². The lowest BCUT2D eigenvalue weighted by Crippen LogP contribution is -1.80. The molecule has 23 heavy (non-hydrogen) atoms. The van der Waals surface area contributed by atoms with Crippen molar-refractivity contribution >= 4 is 21.8 Å². The second-order valence-electron chi connectivity index (χ2n) is 4.48. The molecule has 120 valence electrons. The smallest absolute Gasteiger partial charge is 0.147 e. The molecule has 0 saturated heterocycles. The number of rotatable bonds is 0. The molecule has 0 fully saturated rings. The monoisotopic (exact) mass is 318 g/mol.